The number of nitrogens with one attached hydrogen (secondary N) is 2. The maximum Gasteiger partial charge on any atom is 0.349 e. The molecule has 0 bridgehead atoms. The van der Waals surface area contributed by atoms with Crippen LogP contribution in [0.3, 0.4) is 0 Å². The van der Waals surface area contributed by atoms with Gasteiger partial charge in [0.1, 0.15) is 5.56 Å². The van der Waals surface area contributed by atoms with E-state index >= 15 is 0 Å². The van der Waals surface area contributed by atoms with E-state index in [9.17, 15) is 9.59 Å². The minimum Gasteiger partial charge on any atom is -0.436 e. The Bertz CT molecular complexity index is 718. The molecular formula is C15H9BrN2O3. The van der Waals surface area contributed by atoms with Crippen molar-refractivity contribution in [3.05, 3.63) is 69.7 Å². The molecule has 0 spiro atoms. The van der Waals surface area contributed by atoms with E-state index in [1.807, 2.05) is 6.07 Å². The number of rotatable bonds is 3. The predicted molar refractivity (Wildman–Crippen MR) is 77.0 cm³/mol. The SMILES string of the molecule is O=C(NN[C@H]1OC(=O)c2c#cccc21)c1cccc(Br)c1. The second-order valence-corrected chi connectivity index (χ2v) is 5.24. The molecule has 21 heavy (non-hydrogen) atoms. The quantitative estimate of drug-likeness (QED) is 0.661. The summed E-state index contributed by atoms with van der Waals surface area (Å²) in [5.41, 5.74) is 6.64. The molecule has 5 nitrogen and oxygen atoms in total. The Hall–Kier alpha value is -2.36. The highest BCUT2D eigenvalue weighted by Crippen LogP contribution is 2.26. The minimum atomic E-state index is -0.727. The molecule has 3 rings (SSSR count). The van der Waals surface area contributed by atoms with Crippen LogP contribution in [0.1, 0.15) is 32.5 Å². The Morgan fingerprint density at radius 1 is 1.33 bits per heavy atom. The van der Waals surface area contributed by atoms with Crippen LogP contribution in [-0.4, -0.2) is 11.9 Å². The van der Waals surface area contributed by atoms with E-state index in [2.05, 4.69) is 38.9 Å². The highest BCUT2D eigenvalue weighted by Gasteiger charge is 2.31. The van der Waals surface area contributed by atoms with Crippen molar-refractivity contribution < 1.29 is 14.3 Å². The number of esters is 1. The van der Waals surface area contributed by atoms with Crippen molar-refractivity contribution in [3.63, 3.8) is 0 Å². The molecule has 0 saturated heterocycles. The van der Waals surface area contributed by atoms with Crippen LogP contribution >= 0.6 is 15.9 Å². The molecule has 1 heterocycles. The third kappa shape index (κ3) is 2.75. The van der Waals surface area contributed by atoms with Gasteiger partial charge in [-0.15, -0.1) is 0 Å². The Labute approximate surface area is 129 Å². The van der Waals surface area contributed by atoms with Gasteiger partial charge in [-0.25, -0.2) is 4.79 Å². The summed E-state index contributed by atoms with van der Waals surface area (Å²) in [5.74, 6) is -0.816. The summed E-state index contributed by atoms with van der Waals surface area (Å²) < 4.78 is 5.92. The third-order valence-electron chi connectivity index (χ3n) is 2.95. The molecule has 0 fully saturated rings. The number of cyclic esters (lactones) is 1. The molecule has 2 aromatic carbocycles. The van der Waals surface area contributed by atoms with E-state index in [1.165, 1.54) is 0 Å². The van der Waals surface area contributed by atoms with Crippen molar-refractivity contribution >= 4 is 27.8 Å². The van der Waals surface area contributed by atoms with E-state index in [0.29, 0.717) is 16.7 Å². The lowest BCUT2D eigenvalue weighted by atomic mass is 10.1. The average Bonchev–Trinajstić information content (AvgIpc) is 2.82. The third-order valence-corrected chi connectivity index (χ3v) is 3.44. The van der Waals surface area contributed by atoms with Gasteiger partial charge < -0.3 is 4.74 Å². The zero-order valence-corrected chi connectivity index (χ0v) is 12.2. The first-order valence-corrected chi connectivity index (χ1v) is 6.89. The number of amides is 1. The maximum absolute atomic E-state index is 12.0. The van der Waals surface area contributed by atoms with Gasteiger partial charge in [0.15, 0.2) is 6.23 Å². The maximum atomic E-state index is 12.0. The fourth-order valence-corrected chi connectivity index (χ4v) is 2.36. The van der Waals surface area contributed by atoms with Gasteiger partial charge in [0, 0.05) is 15.6 Å². The van der Waals surface area contributed by atoms with Crippen LogP contribution in [0.5, 0.6) is 0 Å². The van der Waals surface area contributed by atoms with Gasteiger partial charge in [0.25, 0.3) is 5.91 Å². The van der Waals surface area contributed by atoms with Gasteiger partial charge in [-0.2, -0.15) is 5.43 Å². The van der Waals surface area contributed by atoms with Crippen LogP contribution in [-0.2, 0) is 4.74 Å². The molecule has 104 valence electrons. The number of carbonyl (C=O) groups excluding carboxylic acids is 2. The van der Waals surface area contributed by atoms with Crippen LogP contribution in [0.4, 0.5) is 0 Å². The fourth-order valence-electron chi connectivity index (χ4n) is 1.96. The summed E-state index contributed by atoms with van der Waals surface area (Å²) >= 11 is 3.30. The number of halogens is 1. The summed E-state index contributed by atoms with van der Waals surface area (Å²) in [4.78, 5) is 23.6. The molecule has 6 heteroatoms. The van der Waals surface area contributed by atoms with Crippen molar-refractivity contribution in [1.82, 2.24) is 10.9 Å². The summed E-state index contributed by atoms with van der Waals surface area (Å²) in [6.45, 7) is 0. The molecule has 0 aromatic heterocycles. The molecule has 2 N–H and O–H groups in total. The lowest BCUT2D eigenvalue weighted by Gasteiger charge is -2.13. The smallest absolute Gasteiger partial charge is 0.349 e. The van der Waals surface area contributed by atoms with Gasteiger partial charge >= 0.3 is 5.97 Å². The molecular weight excluding hydrogens is 336 g/mol. The lowest BCUT2D eigenvalue weighted by Crippen LogP contribution is -2.40. The summed E-state index contributed by atoms with van der Waals surface area (Å²) in [7, 11) is 0. The first-order chi connectivity index (χ1) is 10.1. The topological polar surface area (TPSA) is 67.4 Å². The van der Waals surface area contributed by atoms with E-state index in [4.69, 9.17) is 4.74 Å². The molecule has 0 unspecified atom stereocenters. The van der Waals surface area contributed by atoms with Crippen molar-refractivity contribution in [1.29, 1.82) is 0 Å². The second kappa shape index (κ2) is 5.56. The first kappa shape index (κ1) is 13.6. The number of hydrogen-bond acceptors (Lipinski definition) is 4. The summed E-state index contributed by atoms with van der Waals surface area (Å²) in [6.07, 6.45) is -0.727. The minimum absolute atomic E-state index is 0.326. The molecule has 2 aromatic rings. The Morgan fingerprint density at radius 2 is 2.19 bits per heavy atom. The Balaban J connectivity index is 1.69. The number of hydrazine groups is 1. The van der Waals surface area contributed by atoms with Crippen LogP contribution in [0.2, 0.25) is 0 Å². The van der Waals surface area contributed by atoms with Crippen LogP contribution in [0, 0.1) is 12.1 Å². The van der Waals surface area contributed by atoms with Crippen molar-refractivity contribution in [2.45, 2.75) is 6.23 Å². The molecule has 1 aliphatic heterocycles. The standard InChI is InChI=1S/C15H9BrN2O3/c16-10-5-3-4-9(8-10)13(19)17-18-14-11-6-1-2-7-12(11)15(20)21-14/h1,3-6,8,14,18H,(H,17,19)/t14-/m0/s1. The van der Waals surface area contributed by atoms with Gasteiger partial charge in [0.2, 0.25) is 0 Å². The first-order valence-electron chi connectivity index (χ1n) is 6.10. The number of benzene rings is 1. The average molecular weight is 345 g/mol. The largest absolute Gasteiger partial charge is 0.436 e. The molecule has 1 aliphatic rings. The molecule has 1 amide bonds. The Kier molecular flexibility index (Phi) is 3.60. The fraction of sp³-hybridized carbons (Fsp3) is 0.0667. The molecule has 0 radical (unpaired) electrons. The predicted octanol–water partition coefficient (Wildman–Crippen LogP) is 2.15. The second-order valence-electron chi connectivity index (χ2n) is 4.33. The van der Waals surface area contributed by atoms with E-state index in [0.717, 1.165) is 4.47 Å². The van der Waals surface area contributed by atoms with Crippen molar-refractivity contribution in [3.8, 4) is 0 Å². The lowest BCUT2D eigenvalue weighted by molar-refractivity contribution is 0.0261. The molecule has 0 aliphatic carbocycles. The molecule has 1 atom stereocenters. The Morgan fingerprint density at radius 3 is 3.00 bits per heavy atom. The van der Waals surface area contributed by atoms with Crippen LogP contribution in [0.15, 0.2) is 40.9 Å². The number of ether oxygens (including phenoxy) is 1. The summed E-state index contributed by atoms with van der Waals surface area (Å²) in [6, 6.07) is 15.7. The number of fused-ring (bicyclic) bond motifs is 1. The van der Waals surface area contributed by atoms with Gasteiger partial charge in [-0.3, -0.25) is 10.2 Å². The zero-order valence-electron chi connectivity index (χ0n) is 10.6. The van der Waals surface area contributed by atoms with E-state index in [-0.39, 0.29) is 5.91 Å². The molecule has 0 saturated carbocycles. The van der Waals surface area contributed by atoms with Gasteiger partial charge in [-0.1, -0.05) is 34.1 Å². The normalized spacial score (nSPS) is 15.9. The number of hydrogen-bond donors (Lipinski definition) is 2. The van der Waals surface area contributed by atoms with Crippen molar-refractivity contribution in [2.24, 2.45) is 0 Å². The monoisotopic (exact) mass is 344 g/mol. The van der Waals surface area contributed by atoms with Crippen LogP contribution in [0.25, 0.3) is 0 Å². The van der Waals surface area contributed by atoms with Crippen LogP contribution < -0.4 is 10.9 Å². The van der Waals surface area contributed by atoms with E-state index in [1.54, 1.807) is 30.3 Å². The highest BCUT2D eigenvalue weighted by atomic mass is 79.9. The van der Waals surface area contributed by atoms with Gasteiger partial charge in [0.05, 0.1) is 0 Å². The van der Waals surface area contributed by atoms with E-state index < -0.39 is 12.2 Å². The summed E-state index contributed by atoms with van der Waals surface area (Å²) in [5, 5.41) is 0. The van der Waals surface area contributed by atoms with Gasteiger partial charge in [-0.05, 0) is 30.3 Å². The zero-order chi connectivity index (χ0) is 14.8. The number of carbonyl (C=O) groups is 2. The highest BCUT2D eigenvalue weighted by molar-refractivity contribution is 9.10. The van der Waals surface area contributed by atoms with Crippen molar-refractivity contribution in [2.75, 3.05) is 0 Å².